The van der Waals surface area contributed by atoms with E-state index in [1.807, 2.05) is 18.2 Å². The molecule has 0 aromatic heterocycles. The van der Waals surface area contributed by atoms with Gasteiger partial charge < -0.3 is 15.2 Å². The molecule has 0 bridgehead atoms. The third-order valence-corrected chi connectivity index (χ3v) is 4.17. The Labute approximate surface area is 116 Å². The van der Waals surface area contributed by atoms with Crippen LogP contribution in [0, 0.1) is 0 Å². The number of methoxy groups -OCH3 is 1. The van der Waals surface area contributed by atoms with Gasteiger partial charge in [0.15, 0.2) is 0 Å². The van der Waals surface area contributed by atoms with Gasteiger partial charge in [-0.3, -0.25) is 0 Å². The van der Waals surface area contributed by atoms with Gasteiger partial charge in [-0.15, -0.1) is 0 Å². The van der Waals surface area contributed by atoms with Crippen molar-refractivity contribution in [2.75, 3.05) is 7.11 Å². The fourth-order valence-electron chi connectivity index (χ4n) is 2.87. The molecule has 1 aliphatic rings. The van der Waals surface area contributed by atoms with Gasteiger partial charge in [-0.1, -0.05) is 26.3 Å². The molecule has 1 aromatic rings. The lowest BCUT2D eigenvalue weighted by Crippen LogP contribution is -2.42. The summed E-state index contributed by atoms with van der Waals surface area (Å²) in [4.78, 5) is 0. The van der Waals surface area contributed by atoms with Crippen LogP contribution in [0.5, 0.6) is 11.5 Å². The zero-order chi connectivity index (χ0) is 13.9. The summed E-state index contributed by atoms with van der Waals surface area (Å²) in [6, 6.07) is 6.00. The quantitative estimate of drug-likeness (QED) is 0.878. The molecule has 0 spiro atoms. The van der Waals surface area contributed by atoms with Crippen molar-refractivity contribution in [1.29, 1.82) is 0 Å². The fraction of sp³-hybridized carbons (Fsp3) is 0.625. The fourth-order valence-corrected chi connectivity index (χ4v) is 2.87. The zero-order valence-electron chi connectivity index (χ0n) is 12.2. The highest BCUT2D eigenvalue weighted by molar-refractivity contribution is 5.44. The Morgan fingerprint density at radius 2 is 2.21 bits per heavy atom. The third kappa shape index (κ3) is 2.86. The Kier molecular flexibility index (Phi) is 4.35. The van der Waals surface area contributed by atoms with Crippen LogP contribution < -0.4 is 15.2 Å². The molecule has 1 unspecified atom stereocenters. The minimum atomic E-state index is -0.102. The van der Waals surface area contributed by atoms with Crippen molar-refractivity contribution >= 4 is 0 Å². The molecule has 2 N–H and O–H groups in total. The second-order valence-corrected chi connectivity index (χ2v) is 5.46. The molecule has 2 rings (SSSR count). The minimum Gasteiger partial charge on any atom is -0.497 e. The van der Waals surface area contributed by atoms with Crippen molar-refractivity contribution in [1.82, 2.24) is 0 Å². The molecule has 0 radical (unpaired) electrons. The number of hydrogen-bond donors (Lipinski definition) is 1. The van der Waals surface area contributed by atoms with Crippen LogP contribution >= 0.6 is 0 Å². The van der Waals surface area contributed by atoms with Crippen LogP contribution in [0.15, 0.2) is 18.2 Å². The Hall–Kier alpha value is -1.22. The van der Waals surface area contributed by atoms with Gasteiger partial charge >= 0.3 is 0 Å². The molecule has 2 atom stereocenters. The predicted molar refractivity (Wildman–Crippen MR) is 77.7 cm³/mol. The number of fused-ring (bicyclic) bond motifs is 1. The predicted octanol–water partition coefficient (Wildman–Crippen LogP) is 3.82. The molecule has 1 heterocycles. The van der Waals surface area contributed by atoms with Crippen molar-refractivity contribution in [3.63, 3.8) is 0 Å². The molecule has 0 saturated heterocycles. The first-order valence-electron chi connectivity index (χ1n) is 7.26. The Morgan fingerprint density at radius 3 is 2.84 bits per heavy atom. The van der Waals surface area contributed by atoms with E-state index >= 15 is 0 Å². The van der Waals surface area contributed by atoms with Crippen molar-refractivity contribution in [3.05, 3.63) is 23.8 Å². The van der Waals surface area contributed by atoms with Gasteiger partial charge in [0, 0.05) is 24.1 Å². The maximum Gasteiger partial charge on any atom is 0.128 e. The summed E-state index contributed by atoms with van der Waals surface area (Å²) in [7, 11) is 1.68. The first-order chi connectivity index (χ1) is 9.14. The second kappa shape index (κ2) is 5.83. The molecule has 106 valence electrons. The van der Waals surface area contributed by atoms with Gasteiger partial charge in [0.25, 0.3) is 0 Å². The van der Waals surface area contributed by atoms with Crippen molar-refractivity contribution in [2.45, 2.75) is 57.6 Å². The number of unbranched alkanes of at least 4 members (excludes halogenated alkanes) is 1. The van der Waals surface area contributed by atoms with Crippen LogP contribution in [-0.4, -0.2) is 12.7 Å². The van der Waals surface area contributed by atoms with Gasteiger partial charge in [0.1, 0.15) is 17.1 Å². The normalized spacial score (nSPS) is 25.6. The average molecular weight is 263 g/mol. The van der Waals surface area contributed by atoms with E-state index in [-0.39, 0.29) is 11.6 Å². The summed E-state index contributed by atoms with van der Waals surface area (Å²) < 4.78 is 11.6. The first-order valence-corrected chi connectivity index (χ1v) is 7.26. The molecule has 1 aliphatic heterocycles. The second-order valence-electron chi connectivity index (χ2n) is 5.46. The SMILES string of the molecule is CCCCC1(CC)C[C@H](N)c2ccc(OC)cc2O1. The lowest BCUT2D eigenvalue weighted by Gasteiger charge is -2.41. The maximum absolute atomic E-state index is 6.34. The van der Waals surface area contributed by atoms with Gasteiger partial charge in [0.2, 0.25) is 0 Å². The van der Waals surface area contributed by atoms with E-state index in [0.717, 1.165) is 36.3 Å². The summed E-state index contributed by atoms with van der Waals surface area (Å²) in [5.41, 5.74) is 7.34. The van der Waals surface area contributed by atoms with Crippen LogP contribution in [0.1, 0.15) is 57.6 Å². The molecule has 0 aliphatic carbocycles. The molecule has 0 amide bonds. The van der Waals surface area contributed by atoms with Crippen LogP contribution in [0.4, 0.5) is 0 Å². The molecule has 3 nitrogen and oxygen atoms in total. The lowest BCUT2D eigenvalue weighted by molar-refractivity contribution is 0.0215. The van der Waals surface area contributed by atoms with E-state index in [1.54, 1.807) is 7.11 Å². The van der Waals surface area contributed by atoms with Crippen LogP contribution in [0.25, 0.3) is 0 Å². The van der Waals surface area contributed by atoms with Crippen molar-refractivity contribution in [2.24, 2.45) is 5.73 Å². The minimum absolute atomic E-state index is 0.0615. The molecule has 0 fully saturated rings. The standard InChI is InChI=1S/C16H25NO2/c1-4-6-9-16(5-2)11-14(17)13-8-7-12(18-3)10-15(13)19-16/h7-8,10,14H,4-6,9,11,17H2,1-3H3/t14-,16?/m0/s1. The van der Waals surface area contributed by atoms with Gasteiger partial charge in [-0.2, -0.15) is 0 Å². The molecule has 0 saturated carbocycles. The summed E-state index contributed by atoms with van der Waals surface area (Å²) in [5, 5.41) is 0. The Bertz CT molecular complexity index is 433. The monoisotopic (exact) mass is 263 g/mol. The highest BCUT2D eigenvalue weighted by Crippen LogP contribution is 2.43. The lowest BCUT2D eigenvalue weighted by atomic mass is 9.82. The molecule has 3 heteroatoms. The number of rotatable bonds is 5. The molecular formula is C16H25NO2. The topological polar surface area (TPSA) is 44.5 Å². The van der Waals surface area contributed by atoms with E-state index in [4.69, 9.17) is 15.2 Å². The van der Waals surface area contributed by atoms with E-state index in [2.05, 4.69) is 13.8 Å². The van der Waals surface area contributed by atoms with Crippen LogP contribution in [-0.2, 0) is 0 Å². The summed E-state index contributed by atoms with van der Waals surface area (Å²) in [6.07, 6.45) is 5.34. The van der Waals surface area contributed by atoms with Gasteiger partial charge in [0.05, 0.1) is 7.11 Å². The van der Waals surface area contributed by atoms with Gasteiger partial charge in [-0.05, 0) is 25.3 Å². The van der Waals surface area contributed by atoms with E-state index in [0.29, 0.717) is 0 Å². The van der Waals surface area contributed by atoms with Crippen molar-refractivity contribution in [3.8, 4) is 11.5 Å². The third-order valence-electron chi connectivity index (χ3n) is 4.17. The highest BCUT2D eigenvalue weighted by Gasteiger charge is 2.38. The van der Waals surface area contributed by atoms with Crippen molar-refractivity contribution < 1.29 is 9.47 Å². The molecule has 1 aromatic carbocycles. The van der Waals surface area contributed by atoms with Gasteiger partial charge in [-0.25, -0.2) is 0 Å². The van der Waals surface area contributed by atoms with Crippen LogP contribution in [0.3, 0.4) is 0 Å². The number of hydrogen-bond acceptors (Lipinski definition) is 3. The number of ether oxygens (including phenoxy) is 2. The molecule has 19 heavy (non-hydrogen) atoms. The maximum atomic E-state index is 6.34. The first kappa shape index (κ1) is 14.2. The summed E-state index contributed by atoms with van der Waals surface area (Å²) in [5.74, 6) is 1.73. The van der Waals surface area contributed by atoms with Crippen LogP contribution in [0.2, 0.25) is 0 Å². The highest BCUT2D eigenvalue weighted by atomic mass is 16.5. The number of nitrogens with two attached hydrogens (primary N) is 1. The number of benzene rings is 1. The van der Waals surface area contributed by atoms with E-state index < -0.39 is 0 Å². The van der Waals surface area contributed by atoms with E-state index in [9.17, 15) is 0 Å². The molecular weight excluding hydrogens is 238 g/mol. The largest absolute Gasteiger partial charge is 0.497 e. The summed E-state index contributed by atoms with van der Waals surface area (Å²) >= 11 is 0. The zero-order valence-corrected chi connectivity index (χ0v) is 12.2. The Balaban J connectivity index is 2.29. The van der Waals surface area contributed by atoms with E-state index in [1.165, 1.54) is 12.8 Å². The smallest absolute Gasteiger partial charge is 0.128 e. The summed E-state index contributed by atoms with van der Waals surface area (Å²) in [6.45, 7) is 4.40. The Morgan fingerprint density at radius 1 is 1.42 bits per heavy atom. The average Bonchev–Trinajstić information content (AvgIpc) is 2.44.